The summed E-state index contributed by atoms with van der Waals surface area (Å²) in [5, 5.41) is 15.7. The van der Waals surface area contributed by atoms with Crippen molar-refractivity contribution in [3.05, 3.63) is 48.0 Å². The molecule has 0 radical (unpaired) electrons. The van der Waals surface area contributed by atoms with Gasteiger partial charge in [-0.05, 0) is 29.2 Å². The van der Waals surface area contributed by atoms with Crippen molar-refractivity contribution in [3.8, 4) is 0 Å². The zero-order chi connectivity index (χ0) is 16.9. The summed E-state index contributed by atoms with van der Waals surface area (Å²) in [5.74, 6) is -0.0499. The largest absolute Gasteiger partial charge is 0.388 e. The Morgan fingerprint density at radius 3 is 2.71 bits per heavy atom. The first-order valence-electron chi connectivity index (χ1n) is 8.65. The second-order valence-electron chi connectivity index (χ2n) is 6.58. The number of aliphatic hydroxyl groups excluding tert-OH is 1. The number of benzene rings is 2. The Morgan fingerprint density at radius 2 is 1.92 bits per heavy atom. The highest BCUT2D eigenvalue weighted by Gasteiger charge is 2.30. The third kappa shape index (κ3) is 3.94. The summed E-state index contributed by atoms with van der Waals surface area (Å²) >= 11 is 0. The van der Waals surface area contributed by atoms with Crippen molar-refractivity contribution in [2.24, 2.45) is 0 Å². The van der Waals surface area contributed by atoms with Crippen molar-refractivity contribution in [1.29, 1.82) is 0 Å². The number of hydrogen-bond acceptors (Lipinski definition) is 3. The molecule has 4 heteroatoms. The fraction of sp³-hybridized carbons (Fsp3) is 0.450. The summed E-state index contributed by atoms with van der Waals surface area (Å²) in [6.07, 6.45) is 3.14. The molecule has 2 aromatic rings. The van der Waals surface area contributed by atoms with Gasteiger partial charge < -0.3 is 15.2 Å². The van der Waals surface area contributed by atoms with Crippen LogP contribution in [0.3, 0.4) is 0 Å². The van der Waals surface area contributed by atoms with Crippen LogP contribution < -0.4 is 5.32 Å². The van der Waals surface area contributed by atoms with E-state index in [4.69, 9.17) is 4.74 Å². The molecule has 4 nitrogen and oxygen atoms in total. The second-order valence-corrected chi connectivity index (χ2v) is 6.58. The van der Waals surface area contributed by atoms with Crippen LogP contribution in [0.4, 0.5) is 0 Å². The lowest BCUT2D eigenvalue weighted by Gasteiger charge is -2.27. The molecular formula is C20H25NO3. The molecule has 0 unspecified atom stereocenters. The number of rotatable bonds is 4. The SMILES string of the molecule is CO[C@@H]1CCCC[C@@H](NC(=O)Cc2ccc3ccccc3c2)[C@H]1O. The number of carbonyl (C=O) groups excluding carboxylic acids is 1. The normalized spacial score (nSPS) is 24.5. The van der Waals surface area contributed by atoms with Crippen LogP contribution in [0.25, 0.3) is 10.8 Å². The molecular weight excluding hydrogens is 302 g/mol. The highest BCUT2D eigenvalue weighted by atomic mass is 16.5. The summed E-state index contributed by atoms with van der Waals surface area (Å²) in [5.41, 5.74) is 0.984. The monoisotopic (exact) mass is 327 g/mol. The van der Waals surface area contributed by atoms with E-state index in [0.717, 1.165) is 36.6 Å². The Morgan fingerprint density at radius 1 is 1.17 bits per heavy atom. The van der Waals surface area contributed by atoms with Gasteiger partial charge in [0.15, 0.2) is 0 Å². The maximum Gasteiger partial charge on any atom is 0.224 e. The molecule has 0 heterocycles. The van der Waals surface area contributed by atoms with E-state index in [1.54, 1.807) is 7.11 Å². The van der Waals surface area contributed by atoms with Crippen LogP contribution in [0.1, 0.15) is 31.2 Å². The van der Waals surface area contributed by atoms with E-state index in [2.05, 4.69) is 23.5 Å². The summed E-state index contributed by atoms with van der Waals surface area (Å²) in [7, 11) is 1.62. The maximum atomic E-state index is 12.4. The van der Waals surface area contributed by atoms with E-state index in [1.165, 1.54) is 5.39 Å². The number of methoxy groups -OCH3 is 1. The molecule has 0 bridgehead atoms. The molecule has 1 aliphatic carbocycles. The molecule has 1 saturated carbocycles. The lowest BCUT2D eigenvalue weighted by atomic mass is 10.0. The van der Waals surface area contributed by atoms with Gasteiger partial charge in [0, 0.05) is 7.11 Å². The number of amides is 1. The Kier molecular flexibility index (Phi) is 5.48. The minimum absolute atomic E-state index is 0.0499. The molecule has 3 atom stereocenters. The van der Waals surface area contributed by atoms with Gasteiger partial charge in [-0.2, -0.15) is 0 Å². The molecule has 0 saturated heterocycles. The third-order valence-electron chi connectivity index (χ3n) is 4.87. The van der Waals surface area contributed by atoms with Crippen LogP contribution in [-0.2, 0) is 16.0 Å². The predicted molar refractivity (Wildman–Crippen MR) is 94.9 cm³/mol. The van der Waals surface area contributed by atoms with Crippen LogP contribution in [-0.4, -0.2) is 36.4 Å². The fourth-order valence-electron chi connectivity index (χ4n) is 3.52. The average Bonchev–Trinajstić information content (AvgIpc) is 2.76. The van der Waals surface area contributed by atoms with E-state index in [0.29, 0.717) is 6.42 Å². The van der Waals surface area contributed by atoms with Gasteiger partial charge in [-0.1, -0.05) is 55.3 Å². The molecule has 2 N–H and O–H groups in total. The first-order valence-corrected chi connectivity index (χ1v) is 8.65. The smallest absolute Gasteiger partial charge is 0.224 e. The van der Waals surface area contributed by atoms with E-state index in [1.807, 2.05) is 24.3 Å². The van der Waals surface area contributed by atoms with Crippen molar-refractivity contribution in [3.63, 3.8) is 0 Å². The summed E-state index contributed by atoms with van der Waals surface area (Å²) < 4.78 is 5.36. The van der Waals surface area contributed by atoms with Crippen LogP contribution >= 0.6 is 0 Å². The maximum absolute atomic E-state index is 12.4. The van der Waals surface area contributed by atoms with Crippen LogP contribution in [0.15, 0.2) is 42.5 Å². The first-order chi connectivity index (χ1) is 11.7. The highest BCUT2D eigenvalue weighted by molar-refractivity contribution is 5.85. The van der Waals surface area contributed by atoms with Crippen molar-refractivity contribution in [1.82, 2.24) is 5.32 Å². The molecule has 0 spiro atoms. The van der Waals surface area contributed by atoms with Crippen molar-refractivity contribution >= 4 is 16.7 Å². The number of hydrogen-bond donors (Lipinski definition) is 2. The Bertz CT molecular complexity index is 700. The molecule has 2 aromatic carbocycles. The Balaban J connectivity index is 1.65. The van der Waals surface area contributed by atoms with Gasteiger partial charge in [-0.3, -0.25) is 4.79 Å². The van der Waals surface area contributed by atoms with Gasteiger partial charge >= 0.3 is 0 Å². The van der Waals surface area contributed by atoms with Crippen LogP contribution in [0, 0.1) is 0 Å². The minimum atomic E-state index is -0.641. The predicted octanol–water partition coefficient (Wildman–Crippen LogP) is 2.82. The number of ether oxygens (including phenoxy) is 1. The van der Waals surface area contributed by atoms with E-state index in [-0.39, 0.29) is 18.1 Å². The Hall–Kier alpha value is -1.91. The van der Waals surface area contributed by atoms with Crippen molar-refractivity contribution in [2.45, 2.75) is 50.4 Å². The molecule has 1 aliphatic rings. The number of nitrogens with one attached hydrogen (secondary N) is 1. The van der Waals surface area contributed by atoms with Crippen molar-refractivity contribution < 1.29 is 14.6 Å². The quantitative estimate of drug-likeness (QED) is 0.849. The number of aliphatic hydroxyl groups is 1. The number of carbonyl (C=O) groups is 1. The minimum Gasteiger partial charge on any atom is -0.388 e. The Labute approximate surface area is 142 Å². The summed E-state index contributed by atoms with van der Waals surface area (Å²) in [4.78, 5) is 12.4. The van der Waals surface area contributed by atoms with E-state index in [9.17, 15) is 9.90 Å². The van der Waals surface area contributed by atoms with Gasteiger partial charge in [0.05, 0.1) is 18.6 Å². The van der Waals surface area contributed by atoms with Gasteiger partial charge in [-0.15, -0.1) is 0 Å². The van der Waals surface area contributed by atoms with Crippen LogP contribution in [0.2, 0.25) is 0 Å². The van der Waals surface area contributed by atoms with Gasteiger partial charge in [0.25, 0.3) is 0 Å². The molecule has 24 heavy (non-hydrogen) atoms. The molecule has 1 fully saturated rings. The molecule has 128 valence electrons. The van der Waals surface area contributed by atoms with Gasteiger partial charge in [0.2, 0.25) is 5.91 Å². The zero-order valence-corrected chi connectivity index (χ0v) is 14.1. The first kappa shape index (κ1) is 16.9. The fourth-order valence-corrected chi connectivity index (χ4v) is 3.52. The molecule has 1 amide bonds. The third-order valence-corrected chi connectivity index (χ3v) is 4.87. The lowest BCUT2D eigenvalue weighted by Crippen LogP contribution is -2.48. The highest BCUT2D eigenvalue weighted by Crippen LogP contribution is 2.21. The standard InChI is InChI=1S/C20H25NO3/c1-24-18-9-5-4-8-17(20(18)23)21-19(22)13-14-10-11-15-6-2-3-7-16(15)12-14/h2-3,6-7,10-12,17-18,20,23H,4-5,8-9,13H2,1H3,(H,21,22)/t17-,18-,20-/m1/s1. The summed E-state index contributed by atoms with van der Waals surface area (Å²) in [6, 6.07) is 14.0. The van der Waals surface area contributed by atoms with Gasteiger partial charge in [0.1, 0.15) is 6.10 Å². The van der Waals surface area contributed by atoms with E-state index >= 15 is 0 Å². The summed E-state index contributed by atoms with van der Waals surface area (Å²) in [6.45, 7) is 0. The lowest BCUT2D eigenvalue weighted by molar-refractivity contribution is -0.123. The zero-order valence-electron chi connectivity index (χ0n) is 14.1. The number of fused-ring (bicyclic) bond motifs is 1. The molecule has 3 rings (SSSR count). The van der Waals surface area contributed by atoms with Gasteiger partial charge in [-0.25, -0.2) is 0 Å². The van der Waals surface area contributed by atoms with Crippen molar-refractivity contribution in [2.75, 3.05) is 7.11 Å². The molecule has 0 aliphatic heterocycles. The van der Waals surface area contributed by atoms with Crippen LogP contribution in [0.5, 0.6) is 0 Å². The molecule has 0 aromatic heterocycles. The van der Waals surface area contributed by atoms with E-state index < -0.39 is 6.10 Å². The average molecular weight is 327 g/mol. The second kappa shape index (κ2) is 7.77. The topological polar surface area (TPSA) is 58.6 Å².